The number of nitrogens with one attached hydrogen (secondary N) is 1. The van der Waals surface area contributed by atoms with Crippen molar-refractivity contribution in [2.24, 2.45) is 21.9 Å². The van der Waals surface area contributed by atoms with Gasteiger partial charge in [-0.05, 0) is 49.7 Å². The van der Waals surface area contributed by atoms with E-state index in [0.717, 1.165) is 28.6 Å². The topological polar surface area (TPSA) is 87.9 Å². The van der Waals surface area contributed by atoms with Crippen molar-refractivity contribution in [2.45, 2.75) is 46.2 Å². The number of nitrogens with zero attached hydrogens (tertiary/aromatic N) is 3. The Morgan fingerprint density at radius 2 is 2.21 bits per heavy atom. The average molecular weight is 398 g/mol. The molecule has 148 valence electrons. The molecule has 6 nitrogen and oxygen atoms in total. The lowest BCUT2D eigenvalue weighted by molar-refractivity contribution is 0.401. The Bertz CT molecular complexity index is 971. The van der Waals surface area contributed by atoms with Crippen LogP contribution in [0.4, 0.5) is 5.69 Å². The largest absolute Gasteiger partial charge is 0.493 e. The molecule has 0 saturated heterocycles. The smallest absolute Gasteiger partial charge is 0.220 e. The third-order valence-electron chi connectivity index (χ3n) is 4.58. The van der Waals surface area contributed by atoms with Gasteiger partial charge in [-0.3, -0.25) is 0 Å². The molecule has 2 aromatic rings. The third kappa shape index (κ3) is 4.66. The zero-order chi connectivity index (χ0) is 20.3. The molecule has 1 unspecified atom stereocenters. The maximum Gasteiger partial charge on any atom is 0.220 e. The molecule has 28 heavy (non-hydrogen) atoms. The number of hydrogen-bond donors (Lipinski definition) is 3. The predicted octanol–water partition coefficient (Wildman–Crippen LogP) is 4.83. The molecule has 4 N–H and O–H groups in total. The first-order chi connectivity index (χ1) is 13.3. The lowest BCUT2D eigenvalue weighted by Gasteiger charge is -2.11. The second-order valence-electron chi connectivity index (χ2n) is 7.65. The molecule has 7 heteroatoms. The number of nitrogens with two attached hydrogens (primary N) is 1. The number of benzene rings is 1. The van der Waals surface area contributed by atoms with Crippen LogP contribution in [0.1, 0.15) is 32.3 Å². The fourth-order valence-electron chi connectivity index (χ4n) is 3.31. The standard InChI is InChI=1S/C21H27N5OS/c1-13(2)12-26-18-9-8-14(3)10-17(18)19(20(26)27)24-25-21(28)23-16-7-5-4-6-15(22)11-16/h4-5,7-10,13,15,27H,6,11-12,22H2,1-3H3,(H,23,28). The highest BCUT2D eigenvalue weighted by Crippen LogP contribution is 2.39. The van der Waals surface area contributed by atoms with Crippen molar-refractivity contribution in [1.29, 1.82) is 0 Å². The predicted molar refractivity (Wildman–Crippen MR) is 118 cm³/mol. The van der Waals surface area contributed by atoms with Crippen molar-refractivity contribution in [1.82, 2.24) is 9.88 Å². The molecular weight excluding hydrogens is 370 g/mol. The second kappa shape index (κ2) is 8.67. The Morgan fingerprint density at radius 1 is 1.43 bits per heavy atom. The molecule has 0 radical (unpaired) electrons. The van der Waals surface area contributed by atoms with Gasteiger partial charge in [-0.1, -0.05) is 37.6 Å². The van der Waals surface area contributed by atoms with Gasteiger partial charge in [0.15, 0.2) is 5.69 Å². The number of azo groups is 1. The summed E-state index contributed by atoms with van der Waals surface area (Å²) in [7, 11) is 0. The first-order valence-corrected chi connectivity index (χ1v) is 9.91. The number of aromatic hydroxyl groups is 1. The summed E-state index contributed by atoms with van der Waals surface area (Å²) in [5.41, 5.74) is 9.42. The van der Waals surface area contributed by atoms with Gasteiger partial charge >= 0.3 is 0 Å². The average Bonchev–Trinajstić information content (AvgIpc) is 2.75. The third-order valence-corrected chi connectivity index (χ3v) is 4.76. The molecule has 3 rings (SSSR count). The van der Waals surface area contributed by atoms with Gasteiger partial charge in [-0.15, -0.1) is 10.2 Å². The number of rotatable bonds is 4. The molecule has 1 atom stereocenters. The minimum absolute atomic E-state index is 0.0540. The summed E-state index contributed by atoms with van der Waals surface area (Å²) in [6, 6.07) is 6.10. The lowest BCUT2D eigenvalue weighted by Crippen LogP contribution is -2.25. The van der Waals surface area contributed by atoms with E-state index in [0.29, 0.717) is 24.6 Å². The molecule has 1 aliphatic carbocycles. The maximum absolute atomic E-state index is 10.8. The van der Waals surface area contributed by atoms with Gasteiger partial charge in [-0.2, -0.15) is 0 Å². The minimum atomic E-state index is 0.0540. The normalized spacial score (nSPS) is 17.3. The highest BCUT2D eigenvalue weighted by molar-refractivity contribution is 7.80. The number of thiocarbonyl (C=S) groups is 1. The first-order valence-electron chi connectivity index (χ1n) is 9.51. The van der Waals surface area contributed by atoms with Crippen LogP contribution in [0, 0.1) is 12.8 Å². The Kier molecular flexibility index (Phi) is 6.26. The van der Waals surface area contributed by atoms with Crippen LogP contribution >= 0.6 is 12.2 Å². The number of aromatic nitrogens is 1. The van der Waals surface area contributed by atoms with E-state index in [1.54, 1.807) is 0 Å². The fraction of sp³-hybridized carbons (Fsp3) is 0.381. The maximum atomic E-state index is 10.8. The Morgan fingerprint density at radius 3 is 2.96 bits per heavy atom. The molecular formula is C21H27N5OS. The van der Waals surface area contributed by atoms with Gasteiger partial charge in [0.2, 0.25) is 11.0 Å². The molecule has 0 fully saturated rings. The minimum Gasteiger partial charge on any atom is -0.493 e. The summed E-state index contributed by atoms with van der Waals surface area (Å²) in [4.78, 5) is 0. The van der Waals surface area contributed by atoms with Crippen LogP contribution < -0.4 is 11.1 Å². The molecule has 0 spiro atoms. The van der Waals surface area contributed by atoms with Crippen molar-refractivity contribution in [3.8, 4) is 5.88 Å². The summed E-state index contributed by atoms with van der Waals surface area (Å²) >= 11 is 5.32. The molecule has 0 aliphatic heterocycles. The first kappa shape index (κ1) is 20.2. The van der Waals surface area contributed by atoms with E-state index in [9.17, 15) is 5.11 Å². The number of fused-ring (bicyclic) bond motifs is 1. The molecule has 0 amide bonds. The van der Waals surface area contributed by atoms with E-state index in [-0.39, 0.29) is 17.0 Å². The highest BCUT2D eigenvalue weighted by atomic mass is 32.1. The quantitative estimate of drug-likeness (QED) is 0.509. The molecule has 1 heterocycles. The summed E-state index contributed by atoms with van der Waals surface area (Å²) in [5, 5.41) is 23.4. The Balaban J connectivity index is 1.87. The van der Waals surface area contributed by atoms with Gasteiger partial charge in [-0.25, -0.2) is 0 Å². The summed E-state index contributed by atoms with van der Waals surface area (Å²) in [6.45, 7) is 6.93. The van der Waals surface area contributed by atoms with Gasteiger partial charge in [0, 0.05) is 30.1 Å². The highest BCUT2D eigenvalue weighted by Gasteiger charge is 2.18. The van der Waals surface area contributed by atoms with Crippen molar-refractivity contribution < 1.29 is 5.11 Å². The lowest BCUT2D eigenvalue weighted by atomic mass is 10.1. The van der Waals surface area contributed by atoms with E-state index < -0.39 is 0 Å². The summed E-state index contributed by atoms with van der Waals surface area (Å²) in [5.74, 6) is 0.495. The van der Waals surface area contributed by atoms with Gasteiger partial charge in [0.1, 0.15) is 0 Å². The van der Waals surface area contributed by atoms with Crippen LogP contribution in [0.3, 0.4) is 0 Å². The zero-order valence-corrected chi connectivity index (χ0v) is 17.3. The van der Waals surface area contributed by atoms with Gasteiger partial charge in [0.05, 0.1) is 5.52 Å². The van der Waals surface area contributed by atoms with Crippen molar-refractivity contribution in [2.75, 3.05) is 0 Å². The van der Waals surface area contributed by atoms with Crippen LogP contribution in [-0.4, -0.2) is 20.8 Å². The van der Waals surface area contributed by atoms with Crippen LogP contribution in [0.2, 0.25) is 0 Å². The zero-order valence-electron chi connectivity index (χ0n) is 16.5. The molecule has 0 bridgehead atoms. The van der Waals surface area contributed by atoms with Crippen molar-refractivity contribution in [3.63, 3.8) is 0 Å². The summed E-state index contributed by atoms with van der Waals surface area (Å²) in [6.07, 6.45) is 7.47. The van der Waals surface area contributed by atoms with Gasteiger partial charge < -0.3 is 20.7 Å². The second-order valence-corrected chi connectivity index (χ2v) is 8.03. The van der Waals surface area contributed by atoms with E-state index in [1.807, 2.05) is 47.9 Å². The SMILES string of the molecule is Cc1ccc2c(c1)c(N=NC(=S)NC1=CC=CCC(N)C1)c(O)n2CC(C)C. The fourth-order valence-corrected chi connectivity index (χ4v) is 3.48. The van der Waals surface area contributed by atoms with E-state index >= 15 is 0 Å². The Hall–Kier alpha value is -2.51. The van der Waals surface area contributed by atoms with Crippen LogP contribution in [-0.2, 0) is 6.54 Å². The summed E-state index contributed by atoms with van der Waals surface area (Å²) < 4.78 is 1.88. The number of hydrogen-bond acceptors (Lipinski definition) is 4. The monoisotopic (exact) mass is 397 g/mol. The van der Waals surface area contributed by atoms with Crippen molar-refractivity contribution >= 4 is 33.9 Å². The van der Waals surface area contributed by atoms with Crippen LogP contribution in [0.5, 0.6) is 5.88 Å². The van der Waals surface area contributed by atoms with Crippen LogP contribution in [0.15, 0.2) is 52.4 Å². The number of allylic oxidation sites excluding steroid dienone is 2. The van der Waals surface area contributed by atoms with E-state index in [4.69, 9.17) is 18.0 Å². The Labute approximate surface area is 170 Å². The van der Waals surface area contributed by atoms with Crippen molar-refractivity contribution in [3.05, 3.63) is 47.7 Å². The van der Waals surface area contributed by atoms with E-state index in [2.05, 4.69) is 29.4 Å². The molecule has 0 saturated carbocycles. The van der Waals surface area contributed by atoms with E-state index in [1.165, 1.54) is 0 Å². The molecule has 1 aromatic carbocycles. The van der Waals surface area contributed by atoms with Gasteiger partial charge in [0.25, 0.3) is 0 Å². The molecule has 1 aromatic heterocycles. The molecule has 1 aliphatic rings. The van der Waals surface area contributed by atoms with Crippen LogP contribution in [0.25, 0.3) is 10.9 Å². The number of aryl methyl sites for hydroxylation is 1.